The molecule has 27 heavy (non-hydrogen) atoms. The predicted octanol–water partition coefficient (Wildman–Crippen LogP) is 2.20. The summed E-state index contributed by atoms with van der Waals surface area (Å²) < 4.78 is 0. The monoisotopic (exact) mass is 368 g/mol. The fourth-order valence-electron chi connectivity index (χ4n) is 2.68. The van der Waals surface area contributed by atoms with E-state index in [1.807, 2.05) is 55.6 Å². The second-order valence-electron chi connectivity index (χ2n) is 6.55. The third kappa shape index (κ3) is 7.92. The first kappa shape index (κ1) is 20.5. The number of hydrogen-bond acceptors (Lipinski definition) is 4. The molecule has 0 bridgehead atoms. The molecule has 6 nitrogen and oxygen atoms in total. The van der Waals surface area contributed by atoms with E-state index in [0.29, 0.717) is 6.54 Å². The van der Waals surface area contributed by atoms with Gasteiger partial charge in [0, 0.05) is 31.5 Å². The van der Waals surface area contributed by atoms with Crippen LogP contribution in [0.3, 0.4) is 0 Å². The summed E-state index contributed by atoms with van der Waals surface area (Å²) in [7, 11) is 3.80. The van der Waals surface area contributed by atoms with E-state index in [4.69, 9.17) is 0 Å². The Kier molecular flexibility index (Phi) is 8.32. The standard InChI is InChI=1S/C21H28N4O2/c1-24(17-21(27)23-18-10-5-3-6-11-18)16-20(26)22-14-9-15-25(2)19-12-7-4-8-13-19/h3-8,10-13H,9,14-17H2,1-2H3,(H,22,26)(H,23,27). The number of hydrogen-bond donors (Lipinski definition) is 2. The van der Waals surface area contributed by atoms with Crippen molar-refractivity contribution in [1.29, 1.82) is 0 Å². The summed E-state index contributed by atoms with van der Waals surface area (Å²) in [5.74, 6) is -0.214. The lowest BCUT2D eigenvalue weighted by Gasteiger charge is -2.19. The number of amides is 2. The number of rotatable bonds is 10. The van der Waals surface area contributed by atoms with Gasteiger partial charge in [0.05, 0.1) is 13.1 Å². The van der Waals surface area contributed by atoms with Gasteiger partial charge in [-0.3, -0.25) is 14.5 Å². The second-order valence-corrected chi connectivity index (χ2v) is 6.55. The summed E-state index contributed by atoms with van der Waals surface area (Å²) >= 11 is 0. The molecule has 6 heteroatoms. The molecule has 2 amide bonds. The Morgan fingerprint density at radius 1 is 0.852 bits per heavy atom. The molecule has 0 aromatic heterocycles. The van der Waals surface area contributed by atoms with Crippen LogP contribution in [0.5, 0.6) is 0 Å². The number of anilines is 2. The van der Waals surface area contributed by atoms with E-state index in [1.165, 1.54) is 0 Å². The average molecular weight is 368 g/mol. The highest BCUT2D eigenvalue weighted by Crippen LogP contribution is 2.10. The molecular formula is C21H28N4O2. The van der Waals surface area contributed by atoms with Gasteiger partial charge in [0.15, 0.2) is 0 Å². The van der Waals surface area contributed by atoms with Crippen molar-refractivity contribution in [3.05, 3.63) is 60.7 Å². The van der Waals surface area contributed by atoms with Crippen molar-refractivity contribution in [2.24, 2.45) is 0 Å². The lowest BCUT2D eigenvalue weighted by molar-refractivity contribution is -0.122. The van der Waals surface area contributed by atoms with E-state index < -0.39 is 0 Å². The first-order chi connectivity index (χ1) is 13.0. The van der Waals surface area contributed by atoms with Crippen molar-refractivity contribution in [1.82, 2.24) is 10.2 Å². The van der Waals surface area contributed by atoms with Gasteiger partial charge in [-0.05, 0) is 37.7 Å². The van der Waals surface area contributed by atoms with Crippen molar-refractivity contribution in [3.8, 4) is 0 Å². The minimum atomic E-state index is -0.138. The third-order valence-corrected chi connectivity index (χ3v) is 4.07. The molecule has 0 spiro atoms. The Morgan fingerprint density at radius 2 is 1.44 bits per heavy atom. The Bertz CT molecular complexity index is 707. The molecule has 0 atom stereocenters. The van der Waals surface area contributed by atoms with E-state index in [9.17, 15) is 9.59 Å². The highest BCUT2D eigenvalue weighted by Gasteiger charge is 2.10. The molecule has 2 aromatic carbocycles. The second kappa shape index (κ2) is 11.0. The molecule has 0 unspecified atom stereocenters. The van der Waals surface area contributed by atoms with Crippen LogP contribution in [0.4, 0.5) is 11.4 Å². The topological polar surface area (TPSA) is 64.7 Å². The number of likely N-dealkylation sites (N-methyl/N-ethyl adjacent to an activating group) is 1. The van der Waals surface area contributed by atoms with Gasteiger partial charge < -0.3 is 15.5 Å². The number of nitrogens with one attached hydrogen (secondary N) is 2. The van der Waals surface area contributed by atoms with Crippen molar-refractivity contribution >= 4 is 23.2 Å². The van der Waals surface area contributed by atoms with Gasteiger partial charge in [-0.1, -0.05) is 36.4 Å². The van der Waals surface area contributed by atoms with E-state index >= 15 is 0 Å². The van der Waals surface area contributed by atoms with Crippen molar-refractivity contribution in [2.75, 3.05) is 50.5 Å². The molecule has 0 saturated carbocycles. The summed E-state index contributed by atoms with van der Waals surface area (Å²) in [6.45, 7) is 1.83. The molecule has 0 aliphatic heterocycles. The third-order valence-electron chi connectivity index (χ3n) is 4.07. The molecule has 144 valence electrons. The molecular weight excluding hydrogens is 340 g/mol. The van der Waals surface area contributed by atoms with Crippen molar-refractivity contribution < 1.29 is 9.59 Å². The lowest BCUT2D eigenvalue weighted by Crippen LogP contribution is -2.39. The van der Waals surface area contributed by atoms with Crippen LogP contribution in [-0.2, 0) is 9.59 Å². The quantitative estimate of drug-likeness (QED) is 0.631. The van der Waals surface area contributed by atoms with Gasteiger partial charge >= 0.3 is 0 Å². The van der Waals surface area contributed by atoms with Crippen LogP contribution in [0, 0.1) is 0 Å². The fourth-order valence-corrected chi connectivity index (χ4v) is 2.68. The smallest absolute Gasteiger partial charge is 0.238 e. The maximum absolute atomic E-state index is 12.0. The van der Waals surface area contributed by atoms with Crippen LogP contribution >= 0.6 is 0 Å². The molecule has 2 N–H and O–H groups in total. The summed E-state index contributed by atoms with van der Waals surface area (Å²) in [5.41, 5.74) is 1.91. The molecule has 2 rings (SSSR count). The number of para-hydroxylation sites is 2. The Hall–Kier alpha value is -2.86. The SMILES string of the molecule is CN(CC(=O)NCCCN(C)c1ccccc1)CC(=O)Nc1ccccc1. The first-order valence-corrected chi connectivity index (χ1v) is 9.11. The number of nitrogens with zero attached hydrogens (tertiary/aromatic N) is 2. The molecule has 0 aliphatic carbocycles. The highest BCUT2D eigenvalue weighted by atomic mass is 16.2. The summed E-state index contributed by atoms with van der Waals surface area (Å²) in [4.78, 5) is 27.9. The predicted molar refractivity (Wildman–Crippen MR) is 110 cm³/mol. The van der Waals surface area contributed by atoms with Gasteiger partial charge in [0.2, 0.25) is 11.8 Å². The van der Waals surface area contributed by atoms with Gasteiger partial charge in [-0.2, -0.15) is 0 Å². The van der Waals surface area contributed by atoms with Crippen LogP contribution in [-0.4, -0.2) is 57.0 Å². The van der Waals surface area contributed by atoms with Gasteiger partial charge in [-0.25, -0.2) is 0 Å². The number of carbonyl (C=O) groups excluding carboxylic acids is 2. The zero-order chi connectivity index (χ0) is 19.5. The first-order valence-electron chi connectivity index (χ1n) is 9.11. The zero-order valence-corrected chi connectivity index (χ0v) is 16.0. The van der Waals surface area contributed by atoms with E-state index in [2.05, 4.69) is 27.7 Å². The van der Waals surface area contributed by atoms with Crippen LogP contribution in [0.1, 0.15) is 6.42 Å². The zero-order valence-electron chi connectivity index (χ0n) is 16.0. The van der Waals surface area contributed by atoms with Gasteiger partial charge in [0.25, 0.3) is 0 Å². The van der Waals surface area contributed by atoms with Gasteiger partial charge in [-0.15, -0.1) is 0 Å². The largest absolute Gasteiger partial charge is 0.375 e. The van der Waals surface area contributed by atoms with Crippen LogP contribution in [0.15, 0.2) is 60.7 Å². The fraction of sp³-hybridized carbons (Fsp3) is 0.333. The summed E-state index contributed by atoms with van der Waals surface area (Å²) in [6.07, 6.45) is 0.856. The molecule has 2 aromatic rings. The summed E-state index contributed by atoms with van der Waals surface area (Å²) in [5, 5.41) is 5.71. The molecule has 0 heterocycles. The Labute approximate surface area is 161 Å². The Morgan fingerprint density at radius 3 is 2.11 bits per heavy atom. The number of carbonyl (C=O) groups is 2. The maximum atomic E-state index is 12.0. The lowest BCUT2D eigenvalue weighted by atomic mass is 10.3. The van der Waals surface area contributed by atoms with Gasteiger partial charge in [0.1, 0.15) is 0 Å². The molecule has 0 radical (unpaired) electrons. The molecule has 0 aliphatic rings. The van der Waals surface area contributed by atoms with Crippen molar-refractivity contribution in [2.45, 2.75) is 6.42 Å². The van der Waals surface area contributed by atoms with Crippen LogP contribution in [0.2, 0.25) is 0 Å². The molecule has 0 fully saturated rings. The maximum Gasteiger partial charge on any atom is 0.238 e. The minimum absolute atomic E-state index is 0.0765. The van der Waals surface area contributed by atoms with E-state index in [-0.39, 0.29) is 24.9 Å². The Balaban J connectivity index is 1.60. The van der Waals surface area contributed by atoms with E-state index in [0.717, 1.165) is 24.3 Å². The highest BCUT2D eigenvalue weighted by molar-refractivity contribution is 5.92. The average Bonchev–Trinajstić information content (AvgIpc) is 2.66. The van der Waals surface area contributed by atoms with Crippen LogP contribution in [0.25, 0.3) is 0 Å². The molecule has 0 saturated heterocycles. The van der Waals surface area contributed by atoms with Crippen molar-refractivity contribution in [3.63, 3.8) is 0 Å². The minimum Gasteiger partial charge on any atom is -0.375 e. The normalized spacial score (nSPS) is 10.5. The van der Waals surface area contributed by atoms with Crippen LogP contribution < -0.4 is 15.5 Å². The van der Waals surface area contributed by atoms with E-state index in [1.54, 1.807) is 11.9 Å². The number of benzene rings is 2. The summed E-state index contributed by atoms with van der Waals surface area (Å²) in [6, 6.07) is 19.4.